The maximum Gasteiger partial charge on any atom is 0.224 e. The third-order valence-corrected chi connectivity index (χ3v) is 4.03. The van der Waals surface area contributed by atoms with Crippen LogP contribution in [0.25, 0.3) is 0 Å². The van der Waals surface area contributed by atoms with Crippen LogP contribution in [0.1, 0.15) is 46.5 Å². The van der Waals surface area contributed by atoms with Gasteiger partial charge in [-0.1, -0.05) is 33.1 Å². The summed E-state index contributed by atoms with van der Waals surface area (Å²) in [5.41, 5.74) is 5.71. The van der Waals surface area contributed by atoms with Crippen molar-refractivity contribution in [1.29, 1.82) is 0 Å². The van der Waals surface area contributed by atoms with Gasteiger partial charge in [-0.3, -0.25) is 4.79 Å². The Kier molecular flexibility index (Phi) is 7.80. The summed E-state index contributed by atoms with van der Waals surface area (Å²) in [5.74, 6) is 1.43. The molecule has 1 aliphatic rings. The number of rotatable bonds is 4. The van der Waals surface area contributed by atoms with Gasteiger partial charge in [-0.15, -0.1) is 12.4 Å². The molecule has 4 atom stereocenters. The van der Waals surface area contributed by atoms with Gasteiger partial charge >= 0.3 is 0 Å². The molecule has 17 heavy (non-hydrogen) atoms. The fourth-order valence-corrected chi connectivity index (χ4v) is 2.33. The van der Waals surface area contributed by atoms with Crippen LogP contribution in [0.2, 0.25) is 0 Å². The molecule has 0 radical (unpaired) electrons. The van der Waals surface area contributed by atoms with Gasteiger partial charge in [-0.05, 0) is 25.2 Å². The normalized spacial score (nSPS) is 27.8. The first-order chi connectivity index (χ1) is 7.52. The molecule has 1 fully saturated rings. The van der Waals surface area contributed by atoms with Crippen LogP contribution in [0.3, 0.4) is 0 Å². The molecule has 0 heterocycles. The summed E-state index contributed by atoms with van der Waals surface area (Å²) in [7, 11) is 0. The number of nitrogens with two attached hydrogens (primary N) is 1. The third kappa shape index (κ3) is 5.26. The van der Waals surface area contributed by atoms with Gasteiger partial charge in [0.15, 0.2) is 0 Å². The van der Waals surface area contributed by atoms with Crippen molar-refractivity contribution >= 4 is 18.3 Å². The number of hydrogen-bond donors (Lipinski definition) is 2. The third-order valence-electron chi connectivity index (χ3n) is 4.03. The summed E-state index contributed by atoms with van der Waals surface area (Å²) in [6.07, 6.45) is 5.23. The van der Waals surface area contributed by atoms with Gasteiger partial charge in [0.2, 0.25) is 5.91 Å². The molecule has 3 N–H and O–H groups in total. The lowest BCUT2D eigenvalue weighted by atomic mass is 9.80. The maximum atomic E-state index is 11.7. The lowest BCUT2D eigenvalue weighted by molar-refractivity contribution is -0.125. The summed E-state index contributed by atoms with van der Waals surface area (Å²) >= 11 is 0. The minimum absolute atomic E-state index is 0. The van der Waals surface area contributed by atoms with Gasteiger partial charge in [-0.2, -0.15) is 0 Å². The molecule has 1 aliphatic carbocycles. The van der Waals surface area contributed by atoms with E-state index in [0.29, 0.717) is 5.92 Å². The standard InChI is InChI=1S/C13H26N2O.ClH/c1-9-6-4-5-7-12(9)8-15-13(16)10(2)11(3)14;/h9-12H,4-8,14H2,1-3H3,(H,15,16);1H. The molecule has 3 nitrogen and oxygen atoms in total. The zero-order valence-electron chi connectivity index (χ0n) is 11.2. The van der Waals surface area contributed by atoms with E-state index < -0.39 is 0 Å². The SMILES string of the molecule is CC(N)C(C)C(=O)NCC1CCCCC1C.Cl. The van der Waals surface area contributed by atoms with E-state index in [1.165, 1.54) is 25.7 Å². The lowest BCUT2D eigenvalue weighted by Crippen LogP contribution is -2.41. The topological polar surface area (TPSA) is 55.1 Å². The quantitative estimate of drug-likeness (QED) is 0.817. The van der Waals surface area contributed by atoms with Crippen LogP contribution >= 0.6 is 12.4 Å². The van der Waals surface area contributed by atoms with Gasteiger partial charge < -0.3 is 11.1 Å². The van der Waals surface area contributed by atoms with Gasteiger partial charge in [0.05, 0.1) is 0 Å². The van der Waals surface area contributed by atoms with E-state index in [1.807, 2.05) is 13.8 Å². The summed E-state index contributed by atoms with van der Waals surface area (Å²) in [6, 6.07) is -0.0659. The average molecular weight is 263 g/mol. The van der Waals surface area contributed by atoms with Crippen molar-refractivity contribution in [3.63, 3.8) is 0 Å². The minimum Gasteiger partial charge on any atom is -0.356 e. The molecule has 4 unspecified atom stereocenters. The van der Waals surface area contributed by atoms with E-state index in [0.717, 1.165) is 12.5 Å². The van der Waals surface area contributed by atoms with Crippen molar-refractivity contribution in [1.82, 2.24) is 5.32 Å². The molecule has 102 valence electrons. The van der Waals surface area contributed by atoms with Crippen molar-refractivity contribution in [3.05, 3.63) is 0 Å². The highest BCUT2D eigenvalue weighted by atomic mass is 35.5. The van der Waals surface area contributed by atoms with Gasteiger partial charge in [-0.25, -0.2) is 0 Å². The summed E-state index contributed by atoms with van der Waals surface area (Å²) in [5, 5.41) is 3.04. The molecule has 0 aliphatic heterocycles. The largest absolute Gasteiger partial charge is 0.356 e. The summed E-state index contributed by atoms with van der Waals surface area (Å²) < 4.78 is 0. The molecule has 0 saturated heterocycles. The van der Waals surface area contributed by atoms with Gasteiger partial charge in [0, 0.05) is 18.5 Å². The first-order valence-corrected chi connectivity index (χ1v) is 6.55. The van der Waals surface area contributed by atoms with Crippen LogP contribution in [0.5, 0.6) is 0 Å². The molecular weight excluding hydrogens is 236 g/mol. The Hall–Kier alpha value is -0.280. The van der Waals surface area contributed by atoms with Crippen LogP contribution in [-0.4, -0.2) is 18.5 Å². The smallest absolute Gasteiger partial charge is 0.224 e. The average Bonchev–Trinajstić information content (AvgIpc) is 2.26. The number of hydrogen-bond acceptors (Lipinski definition) is 2. The number of halogens is 1. The van der Waals surface area contributed by atoms with Crippen LogP contribution in [0.15, 0.2) is 0 Å². The van der Waals surface area contributed by atoms with Crippen LogP contribution < -0.4 is 11.1 Å². The zero-order valence-corrected chi connectivity index (χ0v) is 12.1. The molecule has 1 amide bonds. The van der Waals surface area contributed by atoms with Crippen LogP contribution in [0, 0.1) is 17.8 Å². The predicted octanol–water partition coefficient (Wildman–Crippen LogP) is 2.33. The second-order valence-corrected chi connectivity index (χ2v) is 5.41. The summed E-state index contributed by atoms with van der Waals surface area (Å²) in [6.45, 7) is 6.90. The van der Waals surface area contributed by atoms with Crippen molar-refractivity contribution in [2.45, 2.75) is 52.5 Å². The van der Waals surface area contributed by atoms with E-state index in [1.54, 1.807) is 0 Å². The molecule has 1 rings (SSSR count). The highest BCUT2D eigenvalue weighted by Crippen LogP contribution is 2.28. The molecule has 1 saturated carbocycles. The first kappa shape index (κ1) is 16.7. The van der Waals surface area contributed by atoms with E-state index in [2.05, 4.69) is 12.2 Å². The highest BCUT2D eigenvalue weighted by molar-refractivity contribution is 5.85. The number of carbonyl (C=O) groups is 1. The zero-order chi connectivity index (χ0) is 12.1. The second-order valence-electron chi connectivity index (χ2n) is 5.41. The Bertz CT molecular complexity index is 233. The highest BCUT2D eigenvalue weighted by Gasteiger charge is 2.23. The van der Waals surface area contributed by atoms with E-state index >= 15 is 0 Å². The van der Waals surface area contributed by atoms with Crippen LogP contribution in [-0.2, 0) is 4.79 Å². The molecule has 0 aromatic carbocycles. The molecule has 4 heteroatoms. The lowest BCUT2D eigenvalue weighted by Gasteiger charge is -2.29. The number of amides is 1. The second kappa shape index (κ2) is 7.93. The van der Waals surface area contributed by atoms with Crippen molar-refractivity contribution < 1.29 is 4.79 Å². The Morgan fingerprint density at radius 3 is 2.47 bits per heavy atom. The fraction of sp³-hybridized carbons (Fsp3) is 0.923. The number of carbonyl (C=O) groups excluding carboxylic acids is 1. The molecular formula is C13H27ClN2O. The van der Waals surface area contributed by atoms with E-state index in [4.69, 9.17) is 5.73 Å². The molecule has 0 spiro atoms. The predicted molar refractivity (Wildman–Crippen MR) is 74.2 cm³/mol. The van der Waals surface area contributed by atoms with Gasteiger partial charge in [0.1, 0.15) is 0 Å². The molecule has 0 aromatic heterocycles. The monoisotopic (exact) mass is 262 g/mol. The molecule has 0 aromatic rings. The van der Waals surface area contributed by atoms with Crippen molar-refractivity contribution in [2.75, 3.05) is 6.54 Å². The Labute approximate surface area is 111 Å². The summed E-state index contributed by atoms with van der Waals surface area (Å²) in [4.78, 5) is 11.7. The maximum absolute atomic E-state index is 11.7. The van der Waals surface area contributed by atoms with E-state index in [-0.39, 0.29) is 30.3 Å². The first-order valence-electron chi connectivity index (χ1n) is 6.55. The van der Waals surface area contributed by atoms with Gasteiger partial charge in [0.25, 0.3) is 0 Å². The van der Waals surface area contributed by atoms with E-state index in [9.17, 15) is 4.79 Å². The Morgan fingerprint density at radius 1 is 1.35 bits per heavy atom. The minimum atomic E-state index is -0.0844. The van der Waals surface area contributed by atoms with Crippen LogP contribution in [0.4, 0.5) is 0 Å². The Balaban J connectivity index is 0.00000256. The molecule has 0 bridgehead atoms. The van der Waals surface area contributed by atoms with Crippen molar-refractivity contribution in [2.24, 2.45) is 23.5 Å². The van der Waals surface area contributed by atoms with Crippen molar-refractivity contribution in [3.8, 4) is 0 Å². The Morgan fingerprint density at radius 2 is 1.94 bits per heavy atom. The number of nitrogens with one attached hydrogen (secondary N) is 1. The fourth-order valence-electron chi connectivity index (χ4n) is 2.33.